The maximum absolute atomic E-state index is 5.84. The van der Waals surface area contributed by atoms with Crippen LogP contribution in [0.15, 0.2) is 22.7 Å². The van der Waals surface area contributed by atoms with Gasteiger partial charge in [-0.1, -0.05) is 43.5 Å². The van der Waals surface area contributed by atoms with E-state index in [9.17, 15) is 0 Å². The highest BCUT2D eigenvalue weighted by molar-refractivity contribution is 9.10. The summed E-state index contributed by atoms with van der Waals surface area (Å²) in [4.78, 5) is 0.345. The number of rotatable bonds is 1. The predicted octanol–water partition coefficient (Wildman–Crippen LogP) is 4.56. The molecule has 0 nitrogen and oxygen atoms in total. The molecule has 0 aliphatic carbocycles. The van der Waals surface area contributed by atoms with E-state index < -0.39 is 0 Å². The molecule has 11 heavy (non-hydrogen) atoms. The molecule has 1 unspecified atom stereocenters. The molecule has 0 radical (unpaired) electrons. The van der Waals surface area contributed by atoms with Crippen LogP contribution in [-0.2, 0) is 0 Å². The highest BCUT2D eigenvalue weighted by atomic mass is 79.9. The minimum atomic E-state index is 0.345. The number of hydrogen-bond donors (Lipinski definition) is 0. The lowest BCUT2D eigenvalue weighted by molar-refractivity contribution is 1.12. The third-order valence-electron chi connectivity index (χ3n) is 1.34. The van der Waals surface area contributed by atoms with Gasteiger partial charge in [0.05, 0.1) is 0 Å². The Bertz CT molecular complexity index is 238. The molecule has 0 amide bonds. The summed E-state index contributed by atoms with van der Waals surface area (Å²) >= 11 is 12.7. The lowest BCUT2D eigenvalue weighted by Gasteiger charge is -2.04. The molecular weight excluding hydrogens is 291 g/mol. The van der Waals surface area contributed by atoms with Crippen LogP contribution in [0.3, 0.4) is 0 Å². The average molecular weight is 298 g/mol. The van der Waals surface area contributed by atoms with Gasteiger partial charge in [0.2, 0.25) is 0 Å². The van der Waals surface area contributed by atoms with Crippen molar-refractivity contribution in [2.75, 3.05) is 0 Å². The van der Waals surface area contributed by atoms with Gasteiger partial charge < -0.3 is 0 Å². The topological polar surface area (TPSA) is 0 Å². The Balaban J connectivity index is 3.08. The first-order valence-electron chi connectivity index (χ1n) is 3.19. The molecule has 0 heterocycles. The fourth-order valence-corrected chi connectivity index (χ4v) is 1.96. The molecule has 1 rings (SSSR count). The van der Waals surface area contributed by atoms with E-state index in [1.165, 1.54) is 5.56 Å². The minimum absolute atomic E-state index is 0.345. The molecular formula is C8H7Br2Cl. The second-order valence-corrected chi connectivity index (χ2v) is 5.04. The maximum Gasteiger partial charge on any atom is 0.0420 e. The Labute approximate surface area is 88.2 Å². The van der Waals surface area contributed by atoms with E-state index in [0.717, 1.165) is 9.50 Å². The Morgan fingerprint density at radius 2 is 2.00 bits per heavy atom. The molecule has 0 fully saturated rings. The molecule has 1 aromatic carbocycles. The fraction of sp³-hybridized carbons (Fsp3) is 0.250. The van der Waals surface area contributed by atoms with Gasteiger partial charge >= 0.3 is 0 Å². The third-order valence-corrected chi connectivity index (χ3v) is 2.55. The summed E-state index contributed by atoms with van der Waals surface area (Å²) in [6.07, 6.45) is 0. The van der Waals surface area contributed by atoms with Crippen LogP contribution in [0.5, 0.6) is 0 Å². The second kappa shape index (κ2) is 3.92. The number of alkyl halides is 1. The lowest BCUT2D eigenvalue weighted by atomic mass is 10.2. The zero-order valence-electron chi connectivity index (χ0n) is 5.94. The zero-order chi connectivity index (χ0) is 8.43. The quantitative estimate of drug-likeness (QED) is 0.667. The van der Waals surface area contributed by atoms with Gasteiger partial charge in [-0.05, 0) is 30.7 Å². The Morgan fingerprint density at radius 3 is 2.45 bits per heavy atom. The second-order valence-electron chi connectivity index (χ2n) is 2.32. The van der Waals surface area contributed by atoms with Crippen molar-refractivity contribution in [2.24, 2.45) is 0 Å². The van der Waals surface area contributed by atoms with E-state index in [1.807, 2.05) is 18.2 Å². The number of halogens is 3. The molecule has 0 saturated heterocycles. The Hall–Kier alpha value is 0.470. The molecule has 0 aromatic heterocycles. The third kappa shape index (κ3) is 2.77. The van der Waals surface area contributed by atoms with E-state index in [1.54, 1.807) is 0 Å². The molecule has 1 atom stereocenters. The van der Waals surface area contributed by atoms with Crippen molar-refractivity contribution in [1.82, 2.24) is 0 Å². The first-order chi connectivity index (χ1) is 5.09. The van der Waals surface area contributed by atoms with Crippen molar-refractivity contribution >= 4 is 43.5 Å². The summed E-state index contributed by atoms with van der Waals surface area (Å²) in [5.74, 6) is 0. The molecule has 0 N–H and O–H groups in total. The van der Waals surface area contributed by atoms with E-state index in [0.29, 0.717) is 4.83 Å². The number of hydrogen-bond acceptors (Lipinski definition) is 0. The molecule has 0 spiro atoms. The van der Waals surface area contributed by atoms with Crippen LogP contribution in [0.1, 0.15) is 17.3 Å². The molecule has 0 saturated carbocycles. The highest BCUT2D eigenvalue weighted by Crippen LogP contribution is 2.27. The van der Waals surface area contributed by atoms with Crippen LogP contribution in [0, 0.1) is 0 Å². The van der Waals surface area contributed by atoms with Crippen molar-refractivity contribution in [3.63, 3.8) is 0 Å². The van der Waals surface area contributed by atoms with Gasteiger partial charge in [0.25, 0.3) is 0 Å². The van der Waals surface area contributed by atoms with E-state index in [4.69, 9.17) is 11.6 Å². The first-order valence-corrected chi connectivity index (χ1v) is 5.28. The summed E-state index contributed by atoms with van der Waals surface area (Å²) < 4.78 is 1.02. The normalized spacial score (nSPS) is 13.1. The average Bonchev–Trinajstić information content (AvgIpc) is 1.85. The van der Waals surface area contributed by atoms with Gasteiger partial charge in [0.15, 0.2) is 0 Å². The summed E-state index contributed by atoms with van der Waals surface area (Å²) in [6, 6.07) is 5.87. The maximum atomic E-state index is 5.84. The standard InChI is InChI=1S/C8H7Br2Cl/c1-5(9)6-2-7(10)4-8(11)3-6/h2-5H,1H3. The van der Waals surface area contributed by atoms with Crippen LogP contribution in [0.25, 0.3) is 0 Å². The molecule has 1 aromatic rings. The zero-order valence-corrected chi connectivity index (χ0v) is 9.87. The van der Waals surface area contributed by atoms with Crippen LogP contribution in [0.4, 0.5) is 0 Å². The van der Waals surface area contributed by atoms with Gasteiger partial charge in [0, 0.05) is 14.3 Å². The van der Waals surface area contributed by atoms with Crippen molar-refractivity contribution < 1.29 is 0 Å². The van der Waals surface area contributed by atoms with Gasteiger partial charge in [0.1, 0.15) is 0 Å². The van der Waals surface area contributed by atoms with Crippen LogP contribution < -0.4 is 0 Å². The van der Waals surface area contributed by atoms with Crippen LogP contribution in [-0.4, -0.2) is 0 Å². The predicted molar refractivity (Wildman–Crippen MR) is 56.5 cm³/mol. The summed E-state index contributed by atoms with van der Waals surface area (Å²) in [6.45, 7) is 2.07. The van der Waals surface area contributed by atoms with Crippen LogP contribution >= 0.6 is 43.5 Å². The van der Waals surface area contributed by atoms with Crippen LogP contribution in [0.2, 0.25) is 5.02 Å². The first kappa shape index (κ1) is 9.56. The van der Waals surface area contributed by atoms with Gasteiger partial charge in [-0.3, -0.25) is 0 Å². The Kier molecular flexibility index (Phi) is 3.41. The SMILES string of the molecule is CC(Br)c1cc(Cl)cc(Br)c1. The van der Waals surface area contributed by atoms with Gasteiger partial charge in [-0.25, -0.2) is 0 Å². The van der Waals surface area contributed by atoms with E-state index in [2.05, 4.69) is 38.8 Å². The monoisotopic (exact) mass is 296 g/mol. The summed E-state index contributed by atoms with van der Waals surface area (Å²) in [5, 5.41) is 0.765. The van der Waals surface area contributed by atoms with Crippen molar-refractivity contribution in [3.05, 3.63) is 33.3 Å². The summed E-state index contributed by atoms with van der Waals surface area (Å²) in [5.41, 5.74) is 1.18. The van der Waals surface area contributed by atoms with Gasteiger partial charge in [-0.2, -0.15) is 0 Å². The smallest absolute Gasteiger partial charge is 0.0420 e. The summed E-state index contributed by atoms with van der Waals surface area (Å²) in [7, 11) is 0. The largest absolute Gasteiger partial charge is 0.0843 e. The molecule has 60 valence electrons. The van der Waals surface area contributed by atoms with Gasteiger partial charge in [-0.15, -0.1) is 0 Å². The highest BCUT2D eigenvalue weighted by Gasteiger charge is 2.02. The lowest BCUT2D eigenvalue weighted by Crippen LogP contribution is -1.82. The van der Waals surface area contributed by atoms with Crippen molar-refractivity contribution in [3.8, 4) is 0 Å². The number of benzene rings is 1. The van der Waals surface area contributed by atoms with Crippen molar-refractivity contribution in [2.45, 2.75) is 11.8 Å². The molecule has 0 bridgehead atoms. The van der Waals surface area contributed by atoms with Crippen molar-refractivity contribution in [1.29, 1.82) is 0 Å². The fourth-order valence-electron chi connectivity index (χ4n) is 0.805. The Morgan fingerprint density at radius 1 is 1.36 bits per heavy atom. The van der Waals surface area contributed by atoms with E-state index >= 15 is 0 Å². The minimum Gasteiger partial charge on any atom is -0.0843 e. The molecule has 0 aliphatic heterocycles. The molecule has 3 heteroatoms. The molecule has 0 aliphatic rings. The van der Waals surface area contributed by atoms with E-state index in [-0.39, 0.29) is 0 Å².